The Balaban J connectivity index is 1.74. The number of nitrogens with zero attached hydrogens (tertiary/aromatic N) is 1. The molecule has 6 heteroatoms. The minimum absolute atomic E-state index is 0.253. The summed E-state index contributed by atoms with van der Waals surface area (Å²) in [7, 11) is -3.62. The lowest BCUT2D eigenvalue weighted by Gasteiger charge is -1.99. The summed E-state index contributed by atoms with van der Waals surface area (Å²) >= 11 is 0. The second-order valence-corrected chi connectivity index (χ2v) is 6.96. The summed E-state index contributed by atoms with van der Waals surface area (Å²) in [5.74, 6) is 0.253. The van der Waals surface area contributed by atoms with Crippen molar-refractivity contribution in [3.8, 4) is 11.3 Å². The van der Waals surface area contributed by atoms with Gasteiger partial charge in [0.1, 0.15) is 0 Å². The van der Waals surface area contributed by atoms with Gasteiger partial charge in [0.05, 0.1) is 11.1 Å². The second kappa shape index (κ2) is 6.72. The lowest BCUT2D eigenvalue weighted by atomic mass is 10.1. The number of hydrogen-bond donors (Lipinski definition) is 2. The molecule has 122 valence electrons. The van der Waals surface area contributed by atoms with E-state index < -0.39 is 10.0 Å². The predicted molar refractivity (Wildman–Crippen MR) is 96.8 cm³/mol. The van der Waals surface area contributed by atoms with Crippen LogP contribution in [0.15, 0.2) is 66.1 Å². The number of nitrogens with one attached hydrogen (secondary N) is 2. The lowest BCUT2D eigenvalue weighted by molar-refractivity contribution is 0.609. The number of H-pyrrole nitrogens is 1. The van der Waals surface area contributed by atoms with Gasteiger partial charge >= 0.3 is 0 Å². The van der Waals surface area contributed by atoms with E-state index in [9.17, 15) is 8.42 Å². The monoisotopic (exact) mass is 339 g/mol. The summed E-state index contributed by atoms with van der Waals surface area (Å²) in [6.07, 6.45) is 1.54. The van der Waals surface area contributed by atoms with E-state index >= 15 is 0 Å². The van der Waals surface area contributed by atoms with E-state index in [0.29, 0.717) is 0 Å². The molecule has 0 unspecified atom stereocenters. The van der Waals surface area contributed by atoms with Gasteiger partial charge < -0.3 is 0 Å². The lowest BCUT2D eigenvalue weighted by Crippen LogP contribution is -2.09. The fourth-order valence-electron chi connectivity index (χ4n) is 2.17. The standard InChI is InChI=1S/C18H17N3O2S/c1-14-7-9-16(10-8-14)17-13-18(20-19-17)21-24(22,23)12-11-15-5-3-2-4-6-15/h2-13H,1H3,(H2,19,20,21)/b12-11+. The number of aromatic nitrogens is 2. The van der Waals surface area contributed by atoms with Crippen molar-refractivity contribution in [1.29, 1.82) is 0 Å². The van der Waals surface area contributed by atoms with Crippen molar-refractivity contribution < 1.29 is 8.42 Å². The zero-order valence-electron chi connectivity index (χ0n) is 13.1. The maximum absolute atomic E-state index is 12.1. The van der Waals surface area contributed by atoms with Crippen LogP contribution in [0.5, 0.6) is 0 Å². The molecule has 0 spiro atoms. The fraction of sp³-hybridized carbons (Fsp3) is 0.0556. The highest BCUT2D eigenvalue weighted by molar-refractivity contribution is 7.95. The largest absolute Gasteiger partial charge is 0.276 e. The molecule has 1 aromatic heterocycles. The Kier molecular flexibility index (Phi) is 4.48. The Labute approximate surface area is 141 Å². The Morgan fingerprint density at radius 2 is 1.75 bits per heavy atom. The molecule has 3 rings (SSSR count). The molecule has 2 N–H and O–H groups in total. The number of rotatable bonds is 5. The Bertz CT molecular complexity index is 943. The topological polar surface area (TPSA) is 74.8 Å². The van der Waals surface area contributed by atoms with Crippen LogP contribution < -0.4 is 4.72 Å². The van der Waals surface area contributed by atoms with Gasteiger partial charge in [-0.2, -0.15) is 5.10 Å². The quantitative estimate of drug-likeness (QED) is 0.742. The van der Waals surface area contributed by atoms with Crippen LogP contribution in [0.1, 0.15) is 11.1 Å². The van der Waals surface area contributed by atoms with Crippen molar-refractivity contribution in [3.63, 3.8) is 0 Å². The molecule has 0 saturated heterocycles. The van der Waals surface area contributed by atoms with Gasteiger partial charge in [0.25, 0.3) is 10.0 Å². The fourth-order valence-corrected chi connectivity index (χ4v) is 2.97. The first kappa shape index (κ1) is 16.0. The first-order valence-electron chi connectivity index (χ1n) is 7.40. The Hall–Kier alpha value is -2.86. The summed E-state index contributed by atoms with van der Waals surface area (Å²) in [5, 5.41) is 7.97. The number of hydrogen-bond acceptors (Lipinski definition) is 3. The van der Waals surface area contributed by atoms with Crippen molar-refractivity contribution in [2.75, 3.05) is 4.72 Å². The molecule has 2 aromatic carbocycles. The van der Waals surface area contributed by atoms with Gasteiger partial charge in [-0.25, -0.2) is 8.42 Å². The van der Waals surface area contributed by atoms with E-state index in [1.54, 1.807) is 6.07 Å². The van der Waals surface area contributed by atoms with Crippen molar-refractivity contribution in [1.82, 2.24) is 10.2 Å². The van der Waals surface area contributed by atoms with Crippen LogP contribution in [0.2, 0.25) is 0 Å². The summed E-state index contributed by atoms with van der Waals surface area (Å²) < 4.78 is 26.7. The number of aromatic amines is 1. The zero-order chi connectivity index (χ0) is 17.0. The average molecular weight is 339 g/mol. The molecule has 0 atom stereocenters. The highest BCUT2D eigenvalue weighted by Crippen LogP contribution is 2.20. The minimum atomic E-state index is -3.62. The molecule has 0 radical (unpaired) electrons. The van der Waals surface area contributed by atoms with Gasteiger partial charge in [0, 0.05) is 6.07 Å². The van der Waals surface area contributed by atoms with Gasteiger partial charge in [-0.1, -0.05) is 60.2 Å². The smallest absolute Gasteiger partial charge is 0.256 e. The van der Waals surface area contributed by atoms with Gasteiger partial charge in [0.2, 0.25) is 0 Å². The van der Waals surface area contributed by atoms with Crippen molar-refractivity contribution >= 4 is 21.9 Å². The first-order valence-corrected chi connectivity index (χ1v) is 8.95. The highest BCUT2D eigenvalue weighted by Gasteiger charge is 2.09. The van der Waals surface area contributed by atoms with Gasteiger partial charge in [-0.15, -0.1) is 0 Å². The first-order chi connectivity index (χ1) is 11.5. The summed E-state index contributed by atoms with van der Waals surface area (Å²) in [6, 6.07) is 18.8. The molecular formula is C18H17N3O2S. The van der Waals surface area contributed by atoms with Crippen LogP contribution in [0, 0.1) is 6.92 Å². The second-order valence-electron chi connectivity index (χ2n) is 5.39. The third kappa shape index (κ3) is 4.11. The van der Waals surface area contributed by atoms with Crippen LogP contribution in [-0.2, 0) is 10.0 Å². The molecule has 0 bridgehead atoms. The molecule has 0 aliphatic rings. The SMILES string of the molecule is Cc1ccc(-c2cc(NS(=O)(=O)/C=C/c3ccccc3)n[nH]2)cc1. The van der Waals surface area contributed by atoms with Crippen LogP contribution >= 0.6 is 0 Å². The molecule has 0 aliphatic carbocycles. The zero-order valence-corrected chi connectivity index (χ0v) is 13.9. The Morgan fingerprint density at radius 3 is 2.46 bits per heavy atom. The highest BCUT2D eigenvalue weighted by atomic mass is 32.2. The predicted octanol–water partition coefficient (Wildman–Crippen LogP) is 3.80. The van der Waals surface area contributed by atoms with E-state index in [4.69, 9.17) is 0 Å². The number of anilines is 1. The third-order valence-corrected chi connectivity index (χ3v) is 4.41. The van der Waals surface area contributed by atoms with E-state index in [2.05, 4.69) is 14.9 Å². The maximum Gasteiger partial charge on any atom is 0.256 e. The summed E-state index contributed by atoms with van der Waals surface area (Å²) in [6.45, 7) is 2.01. The van der Waals surface area contributed by atoms with Gasteiger partial charge in [0.15, 0.2) is 5.82 Å². The molecule has 5 nitrogen and oxygen atoms in total. The number of aryl methyl sites for hydroxylation is 1. The third-order valence-electron chi connectivity index (χ3n) is 3.43. The van der Waals surface area contributed by atoms with E-state index in [1.165, 1.54) is 6.08 Å². The molecule has 1 heterocycles. The molecule has 3 aromatic rings. The van der Waals surface area contributed by atoms with E-state index in [0.717, 1.165) is 27.8 Å². The van der Waals surface area contributed by atoms with E-state index in [-0.39, 0.29) is 5.82 Å². The van der Waals surface area contributed by atoms with Crippen LogP contribution in [0.4, 0.5) is 5.82 Å². The molecule has 24 heavy (non-hydrogen) atoms. The summed E-state index contributed by atoms with van der Waals surface area (Å²) in [4.78, 5) is 0. The normalized spacial score (nSPS) is 11.7. The van der Waals surface area contributed by atoms with Crippen molar-refractivity contribution in [3.05, 3.63) is 77.2 Å². The minimum Gasteiger partial charge on any atom is -0.276 e. The van der Waals surface area contributed by atoms with Crippen LogP contribution in [0.3, 0.4) is 0 Å². The van der Waals surface area contributed by atoms with Gasteiger partial charge in [-0.3, -0.25) is 9.82 Å². The number of sulfonamides is 1. The molecule has 0 fully saturated rings. The molecular weight excluding hydrogens is 322 g/mol. The molecule has 0 amide bonds. The maximum atomic E-state index is 12.1. The Morgan fingerprint density at radius 1 is 1.04 bits per heavy atom. The number of benzene rings is 2. The van der Waals surface area contributed by atoms with Crippen LogP contribution in [-0.4, -0.2) is 18.6 Å². The van der Waals surface area contributed by atoms with Crippen molar-refractivity contribution in [2.45, 2.75) is 6.92 Å². The summed E-state index contributed by atoms with van der Waals surface area (Å²) in [5.41, 5.74) is 3.66. The molecule has 0 saturated carbocycles. The van der Waals surface area contributed by atoms with E-state index in [1.807, 2.05) is 61.5 Å². The van der Waals surface area contributed by atoms with Crippen molar-refractivity contribution in [2.24, 2.45) is 0 Å². The molecule has 0 aliphatic heterocycles. The van der Waals surface area contributed by atoms with Gasteiger partial charge in [-0.05, 0) is 24.1 Å². The average Bonchev–Trinajstić information content (AvgIpc) is 3.02. The van der Waals surface area contributed by atoms with Crippen LogP contribution in [0.25, 0.3) is 17.3 Å².